The van der Waals surface area contributed by atoms with Crippen molar-refractivity contribution in [3.63, 3.8) is 0 Å². The average molecular weight is 246 g/mol. The first kappa shape index (κ1) is 12.4. The summed E-state index contributed by atoms with van der Waals surface area (Å²) >= 11 is 0. The van der Waals surface area contributed by atoms with Gasteiger partial charge in [0.25, 0.3) is 0 Å². The lowest BCUT2D eigenvalue weighted by Gasteiger charge is -2.06. The normalized spacial score (nSPS) is 10.6. The maximum Gasteiger partial charge on any atom is 0.203 e. The van der Waals surface area contributed by atoms with Gasteiger partial charge in [-0.15, -0.1) is 0 Å². The third-order valence-electron chi connectivity index (χ3n) is 2.70. The van der Waals surface area contributed by atoms with Crippen molar-refractivity contribution in [3.05, 3.63) is 39.7 Å². The van der Waals surface area contributed by atoms with Crippen LogP contribution in [0, 0.1) is 6.92 Å². The Morgan fingerprint density at radius 3 is 2.72 bits per heavy atom. The Bertz CT molecular complexity index is 667. The molecular formula is C14H14O4. The summed E-state index contributed by atoms with van der Waals surface area (Å²) in [6.07, 6.45) is 0. The molecule has 4 heteroatoms. The van der Waals surface area contributed by atoms with Gasteiger partial charge >= 0.3 is 0 Å². The summed E-state index contributed by atoms with van der Waals surface area (Å²) in [5, 5.41) is 0.397. The highest BCUT2D eigenvalue weighted by molar-refractivity contribution is 5.97. The summed E-state index contributed by atoms with van der Waals surface area (Å²) in [5.41, 5.74) is 0.268. The molecule has 1 aromatic heterocycles. The fourth-order valence-electron chi connectivity index (χ4n) is 1.95. The molecule has 4 nitrogen and oxygen atoms in total. The first-order chi connectivity index (χ1) is 8.54. The topological polar surface area (TPSA) is 56.5 Å². The summed E-state index contributed by atoms with van der Waals surface area (Å²) < 4.78 is 10.9. The van der Waals surface area contributed by atoms with E-state index in [9.17, 15) is 9.59 Å². The summed E-state index contributed by atoms with van der Waals surface area (Å²) in [7, 11) is 0. The zero-order valence-corrected chi connectivity index (χ0v) is 10.6. The molecular weight excluding hydrogens is 232 g/mol. The molecule has 2 rings (SSSR count). The van der Waals surface area contributed by atoms with Crippen molar-refractivity contribution in [3.8, 4) is 5.75 Å². The van der Waals surface area contributed by atoms with Gasteiger partial charge in [0.15, 0.2) is 5.78 Å². The smallest absolute Gasteiger partial charge is 0.203 e. The average Bonchev–Trinajstić information content (AvgIpc) is 2.28. The van der Waals surface area contributed by atoms with Crippen molar-refractivity contribution < 1.29 is 13.9 Å². The van der Waals surface area contributed by atoms with E-state index in [1.54, 1.807) is 25.1 Å². The predicted molar refractivity (Wildman–Crippen MR) is 68.4 cm³/mol. The number of hydrogen-bond acceptors (Lipinski definition) is 4. The number of carbonyl (C=O) groups excluding carboxylic acids is 1. The first-order valence-electron chi connectivity index (χ1n) is 5.75. The number of hydrogen-bond donors (Lipinski definition) is 0. The number of carbonyl (C=O) groups is 1. The van der Waals surface area contributed by atoms with Crippen LogP contribution in [0.4, 0.5) is 0 Å². The van der Waals surface area contributed by atoms with Gasteiger partial charge < -0.3 is 9.15 Å². The van der Waals surface area contributed by atoms with Crippen molar-refractivity contribution >= 4 is 16.8 Å². The second-order valence-corrected chi connectivity index (χ2v) is 4.01. The largest absolute Gasteiger partial charge is 0.494 e. The highest BCUT2D eigenvalue weighted by Gasteiger charge is 2.15. The number of rotatable bonds is 3. The summed E-state index contributed by atoms with van der Waals surface area (Å²) in [6.45, 7) is 5.40. The molecule has 0 saturated heterocycles. The Balaban J connectivity index is 2.74. The molecule has 0 unspecified atom stereocenters. The quantitative estimate of drug-likeness (QED) is 0.781. The van der Waals surface area contributed by atoms with Crippen molar-refractivity contribution in [2.24, 2.45) is 0 Å². The van der Waals surface area contributed by atoms with Crippen LogP contribution in [0.2, 0.25) is 0 Å². The fourth-order valence-corrected chi connectivity index (χ4v) is 1.95. The van der Waals surface area contributed by atoms with Gasteiger partial charge in [0.2, 0.25) is 5.43 Å². The number of aryl methyl sites for hydroxylation is 1. The van der Waals surface area contributed by atoms with E-state index < -0.39 is 0 Å². The second-order valence-electron chi connectivity index (χ2n) is 4.01. The van der Waals surface area contributed by atoms with Gasteiger partial charge in [0.1, 0.15) is 22.7 Å². The molecule has 0 radical (unpaired) electrons. The molecule has 1 heterocycles. The molecule has 0 fully saturated rings. The highest BCUT2D eigenvalue weighted by atomic mass is 16.5. The Morgan fingerprint density at radius 1 is 1.39 bits per heavy atom. The van der Waals surface area contributed by atoms with Crippen molar-refractivity contribution in [2.75, 3.05) is 6.61 Å². The van der Waals surface area contributed by atoms with Crippen LogP contribution in [0.5, 0.6) is 5.75 Å². The summed E-state index contributed by atoms with van der Waals surface area (Å²) in [6, 6.07) is 4.98. The van der Waals surface area contributed by atoms with E-state index in [2.05, 4.69) is 0 Å². The number of fused-ring (bicyclic) bond motifs is 1. The highest BCUT2D eigenvalue weighted by Crippen LogP contribution is 2.21. The van der Waals surface area contributed by atoms with Crippen LogP contribution in [0.15, 0.2) is 27.4 Å². The van der Waals surface area contributed by atoms with Crippen LogP contribution < -0.4 is 10.2 Å². The molecule has 0 aliphatic heterocycles. The Labute approximate surface area is 104 Å². The van der Waals surface area contributed by atoms with Gasteiger partial charge in [-0.25, -0.2) is 0 Å². The van der Waals surface area contributed by atoms with Gasteiger partial charge in [0.05, 0.1) is 12.0 Å². The monoisotopic (exact) mass is 246 g/mol. The summed E-state index contributed by atoms with van der Waals surface area (Å²) in [4.78, 5) is 23.6. The number of benzene rings is 1. The van der Waals surface area contributed by atoms with Crippen molar-refractivity contribution in [2.45, 2.75) is 20.8 Å². The molecule has 0 bridgehead atoms. The number of ketones is 1. The van der Waals surface area contributed by atoms with Crippen molar-refractivity contribution in [1.29, 1.82) is 0 Å². The summed E-state index contributed by atoms with van der Waals surface area (Å²) in [5.74, 6) is 0.703. The van der Waals surface area contributed by atoms with E-state index in [1.807, 2.05) is 6.92 Å². The van der Waals surface area contributed by atoms with E-state index in [4.69, 9.17) is 9.15 Å². The second kappa shape index (κ2) is 4.64. The number of ether oxygens (including phenoxy) is 1. The maximum absolute atomic E-state index is 12.1. The molecule has 0 spiro atoms. The minimum absolute atomic E-state index is 0.117. The van der Waals surface area contributed by atoms with Crippen LogP contribution in [0.1, 0.15) is 30.0 Å². The molecule has 2 aromatic rings. The van der Waals surface area contributed by atoms with E-state index in [-0.39, 0.29) is 16.8 Å². The zero-order chi connectivity index (χ0) is 13.3. The van der Waals surface area contributed by atoms with Crippen LogP contribution in [-0.4, -0.2) is 12.4 Å². The molecule has 0 amide bonds. The van der Waals surface area contributed by atoms with Crippen LogP contribution >= 0.6 is 0 Å². The Kier molecular flexibility index (Phi) is 3.19. The van der Waals surface area contributed by atoms with E-state index in [1.165, 1.54) is 6.92 Å². The molecule has 0 N–H and O–H groups in total. The minimum Gasteiger partial charge on any atom is -0.494 e. The molecule has 0 saturated carbocycles. The third-order valence-corrected chi connectivity index (χ3v) is 2.70. The molecule has 94 valence electrons. The fraction of sp³-hybridized carbons (Fsp3) is 0.286. The predicted octanol–water partition coefficient (Wildman–Crippen LogP) is 2.70. The first-order valence-corrected chi connectivity index (χ1v) is 5.75. The zero-order valence-electron chi connectivity index (χ0n) is 10.6. The molecule has 0 aliphatic carbocycles. The van der Waals surface area contributed by atoms with Gasteiger partial charge in [-0.1, -0.05) is 0 Å². The van der Waals surface area contributed by atoms with Crippen LogP contribution in [-0.2, 0) is 0 Å². The minimum atomic E-state index is -0.288. The van der Waals surface area contributed by atoms with Crippen LogP contribution in [0.25, 0.3) is 11.0 Å². The van der Waals surface area contributed by atoms with E-state index in [0.29, 0.717) is 29.1 Å². The van der Waals surface area contributed by atoms with Gasteiger partial charge in [-0.3, -0.25) is 9.59 Å². The van der Waals surface area contributed by atoms with E-state index in [0.717, 1.165) is 0 Å². The Hall–Kier alpha value is -2.10. The molecule has 0 atom stereocenters. The van der Waals surface area contributed by atoms with Crippen molar-refractivity contribution in [1.82, 2.24) is 0 Å². The SMILES string of the molecule is CCOc1ccc2c(=O)c(C(C)=O)c(C)oc2c1. The van der Waals surface area contributed by atoms with Gasteiger partial charge in [-0.05, 0) is 32.9 Å². The van der Waals surface area contributed by atoms with E-state index >= 15 is 0 Å². The lowest BCUT2D eigenvalue weighted by molar-refractivity contribution is 0.101. The molecule has 0 aliphatic rings. The Morgan fingerprint density at radius 2 is 2.11 bits per heavy atom. The molecule has 18 heavy (non-hydrogen) atoms. The lowest BCUT2D eigenvalue weighted by Crippen LogP contribution is -2.15. The molecule has 1 aromatic carbocycles. The lowest BCUT2D eigenvalue weighted by atomic mass is 10.1. The third kappa shape index (κ3) is 2.01. The standard InChI is InChI=1S/C14H14O4/c1-4-17-10-5-6-11-12(7-10)18-9(3)13(8(2)15)14(11)16/h5-7H,4H2,1-3H3. The van der Waals surface area contributed by atoms with Crippen LogP contribution in [0.3, 0.4) is 0 Å². The maximum atomic E-state index is 12.1. The van der Waals surface area contributed by atoms with Gasteiger partial charge in [0, 0.05) is 6.07 Å². The number of Topliss-reactive ketones (excluding diaryl/α,β-unsaturated/α-hetero) is 1. The van der Waals surface area contributed by atoms with Gasteiger partial charge in [-0.2, -0.15) is 0 Å².